The number of nitrogens with zero attached hydrogens (tertiary/aromatic N) is 1. The molecule has 23 heavy (non-hydrogen) atoms. The molecule has 0 unspecified atom stereocenters. The first kappa shape index (κ1) is 14.2. The molecular formula is C18H17NO4. The Morgan fingerprint density at radius 3 is 2.91 bits per heavy atom. The summed E-state index contributed by atoms with van der Waals surface area (Å²) >= 11 is 0. The van der Waals surface area contributed by atoms with Crippen LogP contribution in [0.1, 0.15) is 5.56 Å². The molecule has 0 saturated carbocycles. The largest absolute Gasteiger partial charge is 0.481 e. The third-order valence-corrected chi connectivity index (χ3v) is 4.90. The molecule has 0 aromatic heterocycles. The Morgan fingerprint density at radius 1 is 1.39 bits per heavy atom. The van der Waals surface area contributed by atoms with Gasteiger partial charge in [-0.05, 0) is 5.56 Å². The number of ether oxygens (including phenoxy) is 1. The fourth-order valence-corrected chi connectivity index (χ4v) is 3.89. The van der Waals surface area contributed by atoms with Crippen LogP contribution in [0.5, 0.6) is 0 Å². The summed E-state index contributed by atoms with van der Waals surface area (Å²) in [5.74, 6) is -2.45. The van der Waals surface area contributed by atoms with Crippen molar-refractivity contribution in [3.63, 3.8) is 0 Å². The van der Waals surface area contributed by atoms with E-state index >= 15 is 0 Å². The maximum Gasteiger partial charge on any atom is 0.310 e. The van der Waals surface area contributed by atoms with E-state index in [9.17, 15) is 14.7 Å². The highest BCUT2D eigenvalue weighted by atomic mass is 16.5. The van der Waals surface area contributed by atoms with E-state index in [1.807, 2.05) is 48.6 Å². The maximum absolute atomic E-state index is 12.6. The summed E-state index contributed by atoms with van der Waals surface area (Å²) in [6.45, 7) is 0.882. The van der Waals surface area contributed by atoms with E-state index in [4.69, 9.17) is 4.74 Å². The number of likely N-dealkylation sites (tertiary alicyclic amines) is 1. The number of carboxylic acids is 1. The van der Waals surface area contributed by atoms with Gasteiger partial charge in [0.1, 0.15) is 11.5 Å². The molecule has 4 rings (SSSR count). The lowest BCUT2D eigenvalue weighted by atomic mass is 9.77. The molecule has 5 nitrogen and oxygen atoms in total. The highest BCUT2D eigenvalue weighted by molar-refractivity contribution is 5.90. The van der Waals surface area contributed by atoms with Crippen LogP contribution in [0.25, 0.3) is 6.08 Å². The number of carbonyl (C=O) groups is 2. The predicted octanol–water partition coefficient (Wildman–Crippen LogP) is 1.57. The standard InChI is InChI=1S/C18H17NO4/c20-16-15-14(17(21)22)13-8-9-18(15,23-13)11-19(16)10-4-7-12-5-2-1-3-6-12/h1-9,13-15H,10-11H2,(H,21,22)/b7-4+/t13-,14+,15-,18-/m1/s1. The maximum atomic E-state index is 12.6. The van der Waals surface area contributed by atoms with Crippen LogP contribution in [-0.4, -0.2) is 46.7 Å². The van der Waals surface area contributed by atoms with Crippen molar-refractivity contribution in [1.29, 1.82) is 0 Å². The van der Waals surface area contributed by atoms with Crippen molar-refractivity contribution in [2.24, 2.45) is 11.8 Å². The number of aliphatic carboxylic acids is 1. The van der Waals surface area contributed by atoms with Crippen LogP contribution in [0.15, 0.2) is 48.6 Å². The molecule has 118 valence electrons. The van der Waals surface area contributed by atoms with Crippen molar-refractivity contribution in [2.45, 2.75) is 11.7 Å². The van der Waals surface area contributed by atoms with E-state index in [-0.39, 0.29) is 5.91 Å². The summed E-state index contributed by atoms with van der Waals surface area (Å²) in [5, 5.41) is 9.41. The second kappa shape index (κ2) is 5.06. The Bertz CT molecular complexity index is 711. The molecule has 2 saturated heterocycles. The molecule has 2 fully saturated rings. The molecule has 4 atom stereocenters. The van der Waals surface area contributed by atoms with Gasteiger partial charge < -0.3 is 14.7 Å². The third-order valence-electron chi connectivity index (χ3n) is 4.90. The monoisotopic (exact) mass is 311 g/mol. The molecule has 1 amide bonds. The fraction of sp³-hybridized carbons (Fsp3) is 0.333. The minimum atomic E-state index is -0.957. The number of amides is 1. The molecule has 0 radical (unpaired) electrons. The van der Waals surface area contributed by atoms with Crippen molar-refractivity contribution >= 4 is 18.0 Å². The fourth-order valence-electron chi connectivity index (χ4n) is 3.89. The number of hydrogen-bond acceptors (Lipinski definition) is 3. The lowest BCUT2D eigenvalue weighted by Crippen LogP contribution is -2.39. The van der Waals surface area contributed by atoms with Crippen LogP contribution in [-0.2, 0) is 14.3 Å². The Balaban J connectivity index is 1.51. The van der Waals surface area contributed by atoms with Crippen molar-refractivity contribution in [2.75, 3.05) is 13.1 Å². The van der Waals surface area contributed by atoms with Gasteiger partial charge in [-0.25, -0.2) is 0 Å². The van der Waals surface area contributed by atoms with E-state index in [1.54, 1.807) is 11.0 Å². The zero-order valence-electron chi connectivity index (χ0n) is 12.5. The molecule has 5 heteroatoms. The number of benzene rings is 1. The topological polar surface area (TPSA) is 66.8 Å². The zero-order valence-corrected chi connectivity index (χ0v) is 12.5. The van der Waals surface area contributed by atoms with Crippen LogP contribution in [0.2, 0.25) is 0 Å². The third kappa shape index (κ3) is 2.11. The Labute approximate surface area is 133 Å². The van der Waals surface area contributed by atoms with Crippen LogP contribution in [0.3, 0.4) is 0 Å². The van der Waals surface area contributed by atoms with Gasteiger partial charge in [0.05, 0.1) is 18.6 Å². The smallest absolute Gasteiger partial charge is 0.310 e. The summed E-state index contributed by atoms with van der Waals surface area (Å²) in [5.41, 5.74) is 0.323. The molecule has 3 aliphatic heterocycles. The molecule has 0 aliphatic carbocycles. The van der Waals surface area contributed by atoms with Crippen LogP contribution in [0.4, 0.5) is 0 Å². The SMILES string of the molecule is O=C(O)[C@H]1[C@H]2C=C[C@]3(CN(C/C=C/c4ccccc4)C(=O)[C@@H]13)O2. The minimum Gasteiger partial charge on any atom is -0.481 e. The zero-order chi connectivity index (χ0) is 16.0. The minimum absolute atomic E-state index is 0.123. The summed E-state index contributed by atoms with van der Waals surface area (Å²) in [6, 6.07) is 9.85. The van der Waals surface area contributed by atoms with E-state index in [2.05, 4.69) is 0 Å². The Morgan fingerprint density at radius 2 is 2.17 bits per heavy atom. The number of hydrogen-bond donors (Lipinski definition) is 1. The summed E-state index contributed by atoms with van der Waals surface area (Å²) < 4.78 is 5.84. The molecule has 2 bridgehead atoms. The lowest BCUT2D eigenvalue weighted by molar-refractivity contribution is -0.147. The number of carbonyl (C=O) groups excluding carboxylic acids is 1. The summed E-state index contributed by atoms with van der Waals surface area (Å²) in [7, 11) is 0. The average Bonchev–Trinajstić information content (AvgIpc) is 3.17. The first-order chi connectivity index (χ1) is 11.1. The van der Waals surface area contributed by atoms with Gasteiger partial charge in [0.25, 0.3) is 0 Å². The van der Waals surface area contributed by atoms with Gasteiger partial charge in [-0.2, -0.15) is 0 Å². The molecule has 1 spiro atoms. The molecule has 3 aliphatic rings. The van der Waals surface area contributed by atoms with Gasteiger partial charge >= 0.3 is 5.97 Å². The normalized spacial score (nSPS) is 34.5. The first-order valence-electron chi connectivity index (χ1n) is 7.71. The van der Waals surface area contributed by atoms with Gasteiger partial charge in [0.15, 0.2) is 0 Å². The van der Waals surface area contributed by atoms with Gasteiger partial charge in [-0.3, -0.25) is 9.59 Å². The summed E-state index contributed by atoms with van der Waals surface area (Å²) in [6.07, 6.45) is 7.08. The highest BCUT2D eigenvalue weighted by Gasteiger charge is 2.66. The van der Waals surface area contributed by atoms with Gasteiger partial charge in [0, 0.05) is 6.54 Å². The predicted molar refractivity (Wildman–Crippen MR) is 83.4 cm³/mol. The summed E-state index contributed by atoms with van der Waals surface area (Å²) in [4.78, 5) is 25.8. The van der Waals surface area contributed by atoms with E-state index < -0.39 is 29.5 Å². The van der Waals surface area contributed by atoms with Crippen molar-refractivity contribution in [3.05, 3.63) is 54.1 Å². The van der Waals surface area contributed by atoms with Crippen molar-refractivity contribution < 1.29 is 19.4 Å². The number of carboxylic acid groups (broad SMARTS) is 1. The van der Waals surface area contributed by atoms with Gasteiger partial charge in [-0.15, -0.1) is 0 Å². The van der Waals surface area contributed by atoms with E-state index in [1.165, 1.54) is 0 Å². The first-order valence-corrected chi connectivity index (χ1v) is 7.71. The molecule has 1 N–H and O–H groups in total. The second-order valence-electron chi connectivity index (χ2n) is 6.27. The molecular weight excluding hydrogens is 294 g/mol. The van der Waals surface area contributed by atoms with Crippen molar-refractivity contribution in [1.82, 2.24) is 4.90 Å². The average molecular weight is 311 g/mol. The highest BCUT2D eigenvalue weighted by Crippen LogP contribution is 2.51. The second-order valence-corrected chi connectivity index (χ2v) is 6.27. The number of rotatable bonds is 4. The van der Waals surface area contributed by atoms with E-state index in [0.717, 1.165) is 5.56 Å². The molecule has 3 heterocycles. The van der Waals surface area contributed by atoms with Crippen molar-refractivity contribution in [3.8, 4) is 0 Å². The van der Waals surface area contributed by atoms with Crippen LogP contribution >= 0.6 is 0 Å². The quantitative estimate of drug-likeness (QED) is 0.857. The van der Waals surface area contributed by atoms with Crippen LogP contribution < -0.4 is 0 Å². The van der Waals surface area contributed by atoms with Gasteiger partial charge in [0.2, 0.25) is 5.91 Å². The Kier molecular flexibility index (Phi) is 3.13. The number of fused-ring (bicyclic) bond motifs is 1. The van der Waals surface area contributed by atoms with E-state index in [0.29, 0.717) is 13.1 Å². The van der Waals surface area contributed by atoms with Crippen LogP contribution in [0, 0.1) is 11.8 Å². The Hall–Kier alpha value is -2.40. The molecule has 1 aromatic rings. The molecule has 1 aromatic carbocycles. The van der Waals surface area contributed by atoms with Gasteiger partial charge in [-0.1, -0.05) is 54.6 Å². The lowest BCUT2D eigenvalue weighted by Gasteiger charge is -2.21.